The molecule has 2 rings (SSSR count). The number of aryl methyl sites for hydroxylation is 1. The fourth-order valence-electron chi connectivity index (χ4n) is 4.06. The molecular formula is C24H38O3S. The molecule has 158 valence electrons. The van der Waals surface area contributed by atoms with E-state index in [4.69, 9.17) is 0 Å². The number of hydrogen-bond acceptors (Lipinski definition) is 3. The van der Waals surface area contributed by atoms with Crippen molar-refractivity contribution in [1.82, 2.24) is 0 Å². The highest BCUT2D eigenvalue weighted by atomic mass is 32.2. The minimum atomic E-state index is -2.88. The Morgan fingerprint density at radius 2 is 1.61 bits per heavy atom. The first-order valence-electron chi connectivity index (χ1n) is 11.2. The lowest BCUT2D eigenvalue weighted by Gasteiger charge is -2.20. The quantitative estimate of drug-likeness (QED) is 0.419. The van der Waals surface area contributed by atoms with E-state index in [1.165, 1.54) is 24.8 Å². The molecule has 1 aromatic carbocycles. The second-order valence-corrected chi connectivity index (χ2v) is 11.4. The molecule has 0 N–H and O–H groups in total. The Morgan fingerprint density at radius 1 is 0.964 bits per heavy atom. The number of carbonyl (C=O) groups excluding carboxylic acids is 1. The Balaban J connectivity index is 1.65. The minimum Gasteiger partial charge on any atom is -0.299 e. The van der Waals surface area contributed by atoms with Crippen molar-refractivity contribution >= 4 is 15.6 Å². The number of ketones is 1. The van der Waals surface area contributed by atoms with Gasteiger partial charge >= 0.3 is 0 Å². The molecule has 0 unspecified atom stereocenters. The van der Waals surface area contributed by atoms with Gasteiger partial charge in [0.2, 0.25) is 0 Å². The summed E-state index contributed by atoms with van der Waals surface area (Å²) < 4.78 is 23.6. The van der Waals surface area contributed by atoms with Crippen molar-refractivity contribution < 1.29 is 13.2 Å². The summed E-state index contributed by atoms with van der Waals surface area (Å²) >= 11 is 0. The molecule has 28 heavy (non-hydrogen) atoms. The predicted octanol–water partition coefficient (Wildman–Crippen LogP) is 5.69. The summed E-state index contributed by atoms with van der Waals surface area (Å²) in [4.78, 5) is 12.5. The highest BCUT2D eigenvalue weighted by molar-refractivity contribution is 7.91. The zero-order valence-corrected chi connectivity index (χ0v) is 18.6. The number of unbranched alkanes of at least 4 members (excludes halogenated alkanes) is 4. The van der Waals surface area contributed by atoms with Crippen LogP contribution in [0.2, 0.25) is 0 Å². The number of benzene rings is 1. The van der Waals surface area contributed by atoms with Crippen LogP contribution in [0.5, 0.6) is 0 Å². The Labute approximate surface area is 172 Å². The standard InChI is InChI=1S/C24H38O3S/c1-20(2)28(26,27)17-10-5-3-4-7-12-21-13-11-14-22(18-21)19-24(25)23-15-8-6-9-16-23/h11,13-14,18,20,23H,3-10,12,15-17,19H2,1-2H3. The molecule has 0 saturated heterocycles. The molecule has 4 heteroatoms. The molecule has 1 aromatic rings. The first kappa shape index (κ1) is 23.1. The van der Waals surface area contributed by atoms with Gasteiger partial charge in [0.1, 0.15) is 5.78 Å². The Kier molecular flexibility index (Phi) is 9.70. The van der Waals surface area contributed by atoms with Gasteiger partial charge < -0.3 is 0 Å². The van der Waals surface area contributed by atoms with Crippen LogP contribution < -0.4 is 0 Å². The zero-order chi connectivity index (χ0) is 20.4. The maximum atomic E-state index is 12.5. The normalized spacial score (nSPS) is 15.8. The third-order valence-corrected chi connectivity index (χ3v) is 8.34. The van der Waals surface area contributed by atoms with Gasteiger partial charge in [-0.15, -0.1) is 0 Å². The molecular weight excluding hydrogens is 368 g/mol. The third kappa shape index (κ3) is 8.06. The van der Waals surface area contributed by atoms with E-state index in [-0.39, 0.29) is 11.2 Å². The van der Waals surface area contributed by atoms with Crippen LogP contribution in [0.15, 0.2) is 24.3 Å². The van der Waals surface area contributed by atoms with E-state index >= 15 is 0 Å². The molecule has 1 aliphatic rings. The average Bonchev–Trinajstić information content (AvgIpc) is 2.68. The second kappa shape index (κ2) is 11.7. The number of sulfone groups is 1. The van der Waals surface area contributed by atoms with Crippen LogP contribution in [0.4, 0.5) is 0 Å². The molecule has 0 aliphatic heterocycles. The van der Waals surface area contributed by atoms with Crippen LogP contribution in [0.3, 0.4) is 0 Å². The van der Waals surface area contributed by atoms with Gasteiger partial charge in [0.15, 0.2) is 9.84 Å². The minimum absolute atomic E-state index is 0.259. The number of carbonyl (C=O) groups is 1. The lowest BCUT2D eigenvalue weighted by molar-refractivity contribution is -0.123. The molecule has 0 amide bonds. The fraction of sp³-hybridized carbons (Fsp3) is 0.708. The van der Waals surface area contributed by atoms with E-state index in [9.17, 15) is 13.2 Å². The molecule has 3 nitrogen and oxygen atoms in total. The van der Waals surface area contributed by atoms with Crippen molar-refractivity contribution in [3.8, 4) is 0 Å². The molecule has 0 bridgehead atoms. The number of rotatable bonds is 12. The molecule has 0 heterocycles. The number of hydrogen-bond donors (Lipinski definition) is 0. The van der Waals surface area contributed by atoms with Crippen molar-refractivity contribution in [3.63, 3.8) is 0 Å². The molecule has 0 aromatic heterocycles. The summed E-state index contributed by atoms with van der Waals surface area (Å²) in [6.07, 6.45) is 12.6. The maximum Gasteiger partial charge on any atom is 0.152 e. The molecule has 0 radical (unpaired) electrons. The fourth-order valence-corrected chi connectivity index (χ4v) is 5.14. The monoisotopic (exact) mass is 406 g/mol. The summed E-state index contributed by atoms with van der Waals surface area (Å²) in [5.41, 5.74) is 2.48. The maximum absolute atomic E-state index is 12.5. The molecule has 1 saturated carbocycles. The van der Waals surface area contributed by atoms with Crippen LogP contribution in [-0.2, 0) is 27.5 Å². The molecule has 0 atom stereocenters. The Hall–Kier alpha value is -1.16. The predicted molar refractivity (Wildman–Crippen MR) is 117 cm³/mol. The van der Waals surface area contributed by atoms with E-state index in [2.05, 4.69) is 24.3 Å². The Bertz CT molecular complexity index is 700. The van der Waals surface area contributed by atoms with Crippen LogP contribution in [-0.4, -0.2) is 25.2 Å². The van der Waals surface area contributed by atoms with Gasteiger partial charge in [0.25, 0.3) is 0 Å². The largest absolute Gasteiger partial charge is 0.299 e. The van der Waals surface area contributed by atoms with Crippen LogP contribution in [0.1, 0.15) is 89.2 Å². The lowest BCUT2D eigenvalue weighted by Crippen LogP contribution is -2.19. The van der Waals surface area contributed by atoms with Crippen LogP contribution in [0.25, 0.3) is 0 Å². The van der Waals surface area contributed by atoms with Crippen LogP contribution >= 0.6 is 0 Å². The summed E-state index contributed by atoms with van der Waals surface area (Å²) in [5.74, 6) is 1.03. The van der Waals surface area contributed by atoms with E-state index in [0.29, 0.717) is 18.0 Å². The highest BCUT2D eigenvalue weighted by Gasteiger charge is 2.21. The Morgan fingerprint density at radius 3 is 2.32 bits per heavy atom. The van der Waals surface area contributed by atoms with Gasteiger partial charge in [-0.3, -0.25) is 4.79 Å². The van der Waals surface area contributed by atoms with Crippen molar-refractivity contribution in [2.45, 2.75) is 96.1 Å². The molecule has 1 aliphatic carbocycles. The van der Waals surface area contributed by atoms with Gasteiger partial charge in [-0.25, -0.2) is 8.42 Å². The first-order chi connectivity index (χ1) is 13.4. The topological polar surface area (TPSA) is 51.2 Å². The van der Waals surface area contributed by atoms with Gasteiger partial charge in [-0.2, -0.15) is 0 Å². The van der Waals surface area contributed by atoms with Gasteiger partial charge in [-0.1, -0.05) is 62.8 Å². The first-order valence-corrected chi connectivity index (χ1v) is 12.9. The lowest BCUT2D eigenvalue weighted by atomic mass is 9.84. The second-order valence-electron chi connectivity index (χ2n) is 8.73. The van der Waals surface area contributed by atoms with E-state index in [0.717, 1.165) is 56.9 Å². The summed E-state index contributed by atoms with van der Waals surface area (Å²) in [6, 6.07) is 8.52. The SMILES string of the molecule is CC(C)S(=O)(=O)CCCCCCCc1cccc(CC(=O)C2CCCCC2)c1. The van der Waals surface area contributed by atoms with E-state index < -0.39 is 9.84 Å². The van der Waals surface area contributed by atoms with Gasteiger partial charge in [0.05, 0.1) is 11.0 Å². The summed E-state index contributed by atoms with van der Waals surface area (Å²) in [5, 5.41) is -0.259. The molecule has 1 fully saturated rings. The van der Waals surface area contributed by atoms with Crippen molar-refractivity contribution in [1.29, 1.82) is 0 Å². The summed E-state index contributed by atoms with van der Waals surface area (Å²) in [7, 11) is -2.88. The van der Waals surface area contributed by atoms with E-state index in [1.54, 1.807) is 13.8 Å². The third-order valence-electron chi connectivity index (χ3n) is 6.04. The molecule has 0 spiro atoms. The smallest absolute Gasteiger partial charge is 0.152 e. The highest BCUT2D eigenvalue weighted by Crippen LogP contribution is 2.25. The van der Waals surface area contributed by atoms with E-state index in [1.807, 2.05) is 0 Å². The van der Waals surface area contributed by atoms with Crippen molar-refractivity contribution in [2.75, 3.05) is 5.75 Å². The summed E-state index contributed by atoms with van der Waals surface area (Å²) in [6.45, 7) is 3.51. The van der Waals surface area contributed by atoms with Crippen LogP contribution in [0, 0.1) is 5.92 Å². The van der Waals surface area contributed by atoms with Gasteiger partial charge in [-0.05, 0) is 57.1 Å². The zero-order valence-electron chi connectivity index (χ0n) is 17.8. The van der Waals surface area contributed by atoms with Gasteiger partial charge in [0, 0.05) is 12.3 Å². The van der Waals surface area contributed by atoms with Crippen molar-refractivity contribution in [2.24, 2.45) is 5.92 Å². The average molecular weight is 407 g/mol. The van der Waals surface area contributed by atoms with Crippen molar-refractivity contribution in [3.05, 3.63) is 35.4 Å². The number of Topliss-reactive ketones (excluding diaryl/α,β-unsaturated/α-hetero) is 1.